The maximum Gasteiger partial charge on any atom is 0.106 e. The highest BCUT2D eigenvalue weighted by Crippen LogP contribution is 2.10. The molecule has 0 saturated carbocycles. The molecular weight excluding hydrogens is 166 g/mol. The van der Waals surface area contributed by atoms with Gasteiger partial charge in [-0.2, -0.15) is 5.26 Å². The molecule has 1 saturated heterocycles. The van der Waals surface area contributed by atoms with Crippen molar-refractivity contribution in [2.45, 2.75) is 32.1 Å². The minimum atomic E-state index is -0.377. The number of nitriles is 1. The van der Waals surface area contributed by atoms with Crippen LogP contribution < -0.4 is 5.73 Å². The average molecular weight is 183 g/mol. The van der Waals surface area contributed by atoms with Gasteiger partial charge in [-0.1, -0.05) is 0 Å². The summed E-state index contributed by atoms with van der Waals surface area (Å²) in [5.74, 6) is 0. The molecular formula is C9H17N3O. The Morgan fingerprint density at radius 3 is 2.54 bits per heavy atom. The Morgan fingerprint density at radius 1 is 1.54 bits per heavy atom. The second kappa shape index (κ2) is 4.56. The van der Waals surface area contributed by atoms with E-state index in [1.807, 2.05) is 19.9 Å². The van der Waals surface area contributed by atoms with Gasteiger partial charge in [0.15, 0.2) is 0 Å². The molecule has 1 aliphatic rings. The molecule has 1 rings (SSSR count). The Morgan fingerprint density at radius 2 is 2.08 bits per heavy atom. The van der Waals surface area contributed by atoms with Gasteiger partial charge in [-0.25, -0.2) is 0 Å². The third kappa shape index (κ3) is 3.31. The lowest BCUT2D eigenvalue weighted by molar-refractivity contribution is -0.0681. The standard InChI is InChI=1S/C9H17N3O/c1-7-4-12(5-8(2)13-7)6-9(11)3-10/h7-9H,4-6,11H2,1-2H3. The van der Waals surface area contributed by atoms with Crippen LogP contribution in [-0.2, 0) is 4.74 Å². The molecule has 1 aliphatic heterocycles. The zero-order chi connectivity index (χ0) is 9.84. The van der Waals surface area contributed by atoms with Crippen LogP contribution in [0.25, 0.3) is 0 Å². The van der Waals surface area contributed by atoms with Crippen molar-refractivity contribution in [3.8, 4) is 6.07 Å². The van der Waals surface area contributed by atoms with Crippen LogP contribution in [0.5, 0.6) is 0 Å². The van der Waals surface area contributed by atoms with Gasteiger partial charge >= 0.3 is 0 Å². The molecule has 2 N–H and O–H groups in total. The third-order valence-electron chi connectivity index (χ3n) is 2.12. The van der Waals surface area contributed by atoms with Crippen molar-refractivity contribution in [2.75, 3.05) is 19.6 Å². The predicted molar refractivity (Wildman–Crippen MR) is 50.0 cm³/mol. The molecule has 0 aromatic carbocycles. The van der Waals surface area contributed by atoms with Crippen molar-refractivity contribution in [3.63, 3.8) is 0 Å². The Balaban J connectivity index is 2.38. The van der Waals surface area contributed by atoms with Crippen molar-refractivity contribution in [1.29, 1.82) is 5.26 Å². The molecule has 4 nitrogen and oxygen atoms in total. The summed E-state index contributed by atoms with van der Waals surface area (Å²) in [5.41, 5.74) is 5.55. The van der Waals surface area contributed by atoms with Crippen molar-refractivity contribution >= 4 is 0 Å². The predicted octanol–water partition coefficient (Wildman–Crippen LogP) is -0.0535. The van der Waals surface area contributed by atoms with E-state index in [0.717, 1.165) is 13.1 Å². The lowest BCUT2D eigenvalue weighted by Crippen LogP contribution is -2.49. The molecule has 3 atom stereocenters. The topological polar surface area (TPSA) is 62.3 Å². The summed E-state index contributed by atoms with van der Waals surface area (Å²) in [7, 11) is 0. The van der Waals surface area contributed by atoms with Gasteiger partial charge in [-0.05, 0) is 13.8 Å². The molecule has 4 heteroatoms. The van der Waals surface area contributed by atoms with Crippen LogP contribution >= 0.6 is 0 Å². The molecule has 74 valence electrons. The molecule has 0 radical (unpaired) electrons. The fraction of sp³-hybridized carbons (Fsp3) is 0.889. The maximum atomic E-state index is 8.56. The summed E-state index contributed by atoms with van der Waals surface area (Å²) >= 11 is 0. The van der Waals surface area contributed by atoms with E-state index in [4.69, 9.17) is 15.7 Å². The Labute approximate surface area is 79.3 Å². The number of nitrogens with two attached hydrogens (primary N) is 1. The second-order valence-electron chi connectivity index (χ2n) is 3.71. The van der Waals surface area contributed by atoms with Gasteiger partial charge in [0.2, 0.25) is 0 Å². The van der Waals surface area contributed by atoms with Gasteiger partial charge in [-0.3, -0.25) is 4.90 Å². The molecule has 13 heavy (non-hydrogen) atoms. The molecule has 0 aromatic heterocycles. The van der Waals surface area contributed by atoms with Crippen LogP contribution in [0.2, 0.25) is 0 Å². The zero-order valence-electron chi connectivity index (χ0n) is 8.23. The highest BCUT2D eigenvalue weighted by Gasteiger charge is 2.22. The fourth-order valence-electron chi connectivity index (χ4n) is 1.75. The van der Waals surface area contributed by atoms with Crippen molar-refractivity contribution < 1.29 is 4.74 Å². The summed E-state index contributed by atoms with van der Waals surface area (Å²) in [6.45, 7) is 6.48. The normalized spacial score (nSPS) is 32.5. The lowest BCUT2D eigenvalue weighted by atomic mass is 10.2. The van der Waals surface area contributed by atoms with Crippen molar-refractivity contribution in [3.05, 3.63) is 0 Å². The summed E-state index contributed by atoms with van der Waals surface area (Å²) in [6.07, 6.45) is 0.490. The van der Waals surface area contributed by atoms with Crippen LogP contribution in [-0.4, -0.2) is 42.8 Å². The number of morpholine rings is 1. The van der Waals surface area contributed by atoms with Gasteiger partial charge < -0.3 is 10.5 Å². The zero-order valence-corrected chi connectivity index (χ0v) is 8.23. The van der Waals surface area contributed by atoms with Gasteiger partial charge in [-0.15, -0.1) is 0 Å². The summed E-state index contributed by atoms with van der Waals surface area (Å²) in [6, 6.07) is 1.66. The fourth-order valence-corrected chi connectivity index (χ4v) is 1.75. The first-order valence-electron chi connectivity index (χ1n) is 4.65. The van der Waals surface area contributed by atoms with Gasteiger partial charge in [0.25, 0.3) is 0 Å². The van der Waals surface area contributed by atoms with E-state index in [0.29, 0.717) is 6.54 Å². The molecule has 0 spiro atoms. The van der Waals surface area contributed by atoms with E-state index in [1.165, 1.54) is 0 Å². The molecule has 3 unspecified atom stereocenters. The maximum absolute atomic E-state index is 8.56. The van der Waals surface area contributed by atoms with Crippen LogP contribution in [0.1, 0.15) is 13.8 Å². The van der Waals surface area contributed by atoms with Gasteiger partial charge in [0, 0.05) is 19.6 Å². The van der Waals surface area contributed by atoms with Crippen molar-refractivity contribution in [1.82, 2.24) is 4.90 Å². The highest BCUT2D eigenvalue weighted by atomic mass is 16.5. The largest absolute Gasteiger partial charge is 0.373 e. The van der Waals surface area contributed by atoms with E-state index in [2.05, 4.69) is 4.90 Å². The first kappa shape index (κ1) is 10.5. The first-order valence-corrected chi connectivity index (χ1v) is 4.65. The summed E-state index contributed by atoms with van der Waals surface area (Å²) in [5, 5.41) is 8.56. The average Bonchev–Trinajstić information content (AvgIpc) is 2.02. The van der Waals surface area contributed by atoms with E-state index in [-0.39, 0.29) is 18.2 Å². The summed E-state index contributed by atoms with van der Waals surface area (Å²) < 4.78 is 5.57. The van der Waals surface area contributed by atoms with E-state index in [9.17, 15) is 0 Å². The highest BCUT2D eigenvalue weighted by molar-refractivity contribution is 4.90. The molecule has 0 aromatic rings. The minimum Gasteiger partial charge on any atom is -0.373 e. The monoisotopic (exact) mass is 183 g/mol. The van der Waals surface area contributed by atoms with Crippen LogP contribution in [0.15, 0.2) is 0 Å². The Hall–Kier alpha value is -0.630. The van der Waals surface area contributed by atoms with Gasteiger partial charge in [0.05, 0.1) is 18.3 Å². The number of nitrogens with zero attached hydrogens (tertiary/aromatic N) is 2. The molecule has 0 aliphatic carbocycles. The van der Waals surface area contributed by atoms with Crippen LogP contribution in [0, 0.1) is 11.3 Å². The van der Waals surface area contributed by atoms with E-state index in [1.54, 1.807) is 0 Å². The Kier molecular flexibility index (Phi) is 3.67. The number of hydrogen-bond acceptors (Lipinski definition) is 4. The number of rotatable bonds is 2. The first-order chi connectivity index (χ1) is 6.11. The lowest BCUT2D eigenvalue weighted by Gasteiger charge is -2.35. The number of ether oxygens (including phenoxy) is 1. The molecule has 1 fully saturated rings. The Bertz CT molecular complexity index is 192. The van der Waals surface area contributed by atoms with Crippen molar-refractivity contribution in [2.24, 2.45) is 5.73 Å². The molecule has 0 amide bonds. The minimum absolute atomic E-state index is 0.245. The molecule has 1 heterocycles. The van der Waals surface area contributed by atoms with E-state index >= 15 is 0 Å². The summed E-state index contributed by atoms with van der Waals surface area (Å²) in [4.78, 5) is 2.19. The van der Waals surface area contributed by atoms with E-state index < -0.39 is 0 Å². The number of hydrogen-bond donors (Lipinski definition) is 1. The molecule has 0 bridgehead atoms. The SMILES string of the molecule is CC1CN(CC(N)C#N)CC(C)O1. The van der Waals surface area contributed by atoms with Crippen LogP contribution in [0.3, 0.4) is 0 Å². The third-order valence-corrected chi connectivity index (χ3v) is 2.12. The smallest absolute Gasteiger partial charge is 0.106 e. The second-order valence-corrected chi connectivity index (χ2v) is 3.71. The van der Waals surface area contributed by atoms with Crippen LogP contribution in [0.4, 0.5) is 0 Å². The van der Waals surface area contributed by atoms with Gasteiger partial charge in [0.1, 0.15) is 6.04 Å². The quantitative estimate of drug-likeness (QED) is 0.652.